The number of hydrogen-bond acceptors (Lipinski definition) is 4. The van der Waals surface area contributed by atoms with Gasteiger partial charge in [-0.3, -0.25) is 4.68 Å². The minimum Gasteiger partial charge on any atom is -0.477 e. The normalized spacial score (nSPS) is 10.2. The lowest BCUT2D eigenvalue weighted by Crippen LogP contribution is -1.99. The molecule has 0 amide bonds. The summed E-state index contributed by atoms with van der Waals surface area (Å²) >= 11 is 0. The number of rotatable bonds is 4. The van der Waals surface area contributed by atoms with Crippen molar-refractivity contribution in [2.24, 2.45) is 0 Å². The average molecular weight is 233 g/mol. The van der Waals surface area contributed by atoms with Gasteiger partial charge in [-0.05, 0) is 13.0 Å². The zero-order chi connectivity index (χ0) is 12.3. The van der Waals surface area contributed by atoms with Crippen molar-refractivity contribution in [3.63, 3.8) is 0 Å². The molecule has 0 aliphatic carbocycles. The molecule has 0 radical (unpaired) electrons. The van der Waals surface area contributed by atoms with Gasteiger partial charge in [0.2, 0.25) is 0 Å². The van der Waals surface area contributed by atoms with E-state index in [9.17, 15) is 4.79 Å². The molecule has 0 saturated carbocycles. The quantitative estimate of drug-likeness (QED) is 0.871. The Labute approximate surface area is 97.5 Å². The summed E-state index contributed by atoms with van der Waals surface area (Å²) in [5.74, 6) is -0.0952. The summed E-state index contributed by atoms with van der Waals surface area (Å²) in [6.45, 7) is 2.71. The van der Waals surface area contributed by atoms with E-state index in [0.717, 1.165) is 6.54 Å². The molecule has 0 aliphatic heterocycles. The van der Waals surface area contributed by atoms with Crippen LogP contribution in [0.1, 0.15) is 17.4 Å². The molecule has 6 nitrogen and oxygen atoms in total. The van der Waals surface area contributed by atoms with Crippen molar-refractivity contribution in [2.75, 3.05) is 0 Å². The van der Waals surface area contributed by atoms with Crippen molar-refractivity contribution in [2.45, 2.75) is 13.5 Å². The molecule has 2 rings (SSSR count). The number of ether oxygens (including phenoxy) is 1. The van der Waals surface area contributed by atoms with E-state index >= 15 is 0 Å². The first-order valence-electron chi connectivity index (χ1n) is 5.08. The molecule has 0 aromatic carbocycles. The minimum atomic E-state index is -1.08. The molecule has 2 heterocycles. The van der Waals surface area contributed by atoms with Crippen LogP contribution in [-0.4, -0.2) is 25.8 Å². The van der Waals surface area contributed by atoms with Crippen LogP contribution in [0.25, 0.3) is 0 Å². The second kappa shape index (κ2) is 4.65. The molecule has 0 bridgehead atoms. The number of carboxylic acids is 1. The van der Waals surface area contributed by atoms with Crippen LogP contribution < -0.4 is 4.74 Å². The highest BCUT2D eigenvalue weighted by molar-refractivity contribution is 5.85. The lowest BCUT2D eigenvalue weighted by atomic mass is 10.3. The summed E-state index contributed by atoms with van der Waals surface area (Å²) in [6, 6.07) is 2.96. The summed E-state index contributed by atoms with van der Waals surface area (Å²) in [4.78, 5) is 14.4. The van der Waals surface area contributed by atoms with Crippen LogP contribution in [0.5, 0.6) is 11.5 Å². The third kappa shape index (κ3) is 2.60. The molecular weight excluding hydrogens is 222 g/mol. The fourth-order valence-electron chi connectivity index (χ4n) is 1.30. The molecule has 0 atom stereocenters. The van der Waals surface area contributed by atoms with E-state index in [1.54, 1.807) is 23.1 Å². The Balaban J connectivity index is 2.18. The monoisotopic (exact) mass is 233 g/mol. The van der Waals surface area contributed by atoms with Gasteiger partial charge in [0.15, 0.2) is 11.4 Å². The van der Waals surface area contributed by atoms with E-state index in [1.807, 2.05) is 6.92 Å². The molecule has 0 unspecified atom stereocenters. The molecule has 88 valence electrons. The van der Waals surface area contributed by atoms with Crippen molar-refractivity contribution >= 4 is 5.97 Å². The van der Waals surface area contributed by atoms with Crippen molar-refractivity contribution < 1.29 is 14.6 Å². The number of aryl methyl sites for hydroxylation is 1. The van der Waals surface area contributed by atoms with Gasteiger partial charge in [-0.1, -0.05) is 0 Å². The van der Waals surface area contributed by atoms with Crippen molar-refractivity contribution in [3.8, 4) is 11.5 Å². The second-order valence-corrected chi connectivity index (χ2v) is 3.32. The molecule has 0 fully saturated rings. The first kappa shape index (κ1) is 11.1. The number of nitrogens with zero attached hydrogens (tertiary/aromatic N) is 3. The second-order valence-electron chi connectivity index (χ2n) is 3.32. The largest absolute Gasteiger partial charge is 0.477 e. The van der Waals surface area contributed by atoms with Crippen LogP contribution in [0.15, 0.2) is 30.7 Å². The van der Waals surface area contributed by atoms with Crippen molar-refractivity contribution in [1.82, 2.24) is 14.8 Å². The minimum absolute atomic E-state index is 0.0506. The summed E-state index contributed by atoms with van der Waals surface area (Å²) in [5, 5.41) is 12.8. The molecule has 0 saturated heterocycles. The number of hydrogen-bond donors (Lipinski definition) is 1. The lowest BCUT2D eigenvalue weighted by molar-refractivity contribution is 0.0690. The first-order valence-corrected chi connectivity index (χ1v) is 5.08. The molecule has 6 heteroatoms. The van der Waals surface area contributed by atoms with Gasteiger partial charge in [-0.2, -0.15) is 5.10 Å². The average Bonchev–Trinajstić information content (AvgIpc) is 2.77. The summed E-state index contributed by atoms with van der Waals surface area (Å²) in [6.07, 6.45) is 4.70. The molecule has 17 heavy (non-hydrogen) atoms. The van der Waals surface area contributed by atoms with Gasteiger partial charge in [0.25, 0.3) is 0 Å². The predicted molar refractivity (Wildman–Crippen MR) is 59.2 cm³/mol. The molecule has 0 spiro atoms. The lowest BCUT2D eigenvalue weighted by Gasteiger charge is -2.02. The number of carbonyl (C=O) groups is 1. The van der Waals surface area contributed by atoms with Gasteiger partial charge in [0.1, 0.15) is 5.75 Å². The summed E-state index contributed by atoms with van der Waals surface area (Å²) in [5.41, 5.74) is -0.0506. The number of pyridine rings is 1. The SMILES string of the molecule is CCn1cc(Oc2ccnc(C(=O)O)c2)cn1. The summed E-state index contributed by atoms with van der Waals surface area (Å²) in [7, 11) is 0. The fourth-order valence-corrected chi connectivity index (χ4v) is 1.30. The number of carboxylic acid groups (broad SMARTS) is 1. The van der Waals surface area contributed by atoms with Gasteiger partial charge in [0.05, 0.1) is 12.4 Å². The number of aromatic nitrogens is 3. The van der Waals surface area contributed by atoms with Gasteiger partial charge in [0, 0.05) is 18.8 Å². The van der Waals surface area contributed by atoms with Gasteiger partial charge >= 0.3 is 5.97 Å². The maximum atomic E-state index is 10.7. The summed E-state index contributed by atoms with van der Waals surface area (Å²) < 4.78 is 7.18. The smallest absolute Gasteiger partial charge is 0.354 e. The van der Waals surface area contributed by atoms with Gasteiger partial charge in [-0.15, -0.1) is 0 Å². The fraction of sp³-hybridized carbons (Fsp3) is 0.182. The van der Waals surface area contributed by atoms with Crippen LogP contribution in [-0.2, 0) is 6.54 Å². The third-order valence-electron chi connectivity index (χ3n) is 2.12. The zero-order valence-electron chi connectivity index (χ0n) is 9.20. The Morgan fingerprint density at radius 3 is 3.00 bits per heavy atom. The van der Waals surface area contributed by atoms with Crippen LogP contribution in [0, 0.1) is 0 Å². The van der Waals surface area contributed by atoms with Crippen LogP contribution in [0.2, 0.25) is 0 Å². The Kier molecular flexibility index (Phi) is 3.04. The Morgan fingerprint density at radius 2 is 2.35 bits per heavy atom. The zero-order valence-corrected chi connectivity index (χ0v) is 9.20. The van der Waals surface area contributed by atoms with Crippen molar-refractivity contribution in [1.29, 1.82) is 0 Å². The van der Waals surface area contributed by atoms with E-state index in [-0.39, 0.29) is 5.69 Å². The molecule has 0 aliphatic rings. The maximum Gasteiger partial charge on any atom is 0.354 e. The molecule has 2 aromatic rings. The highest BCUT2D eigenvalue weighted by Crippen LogP contribution is 2.20. The van der Waals surface area contributed by atoms with E-state index in [1.165, 1.54) is 12.3 Å². The molecule has 1 N–H and O–H groups in total. The Morgan fingerprint density at radius 1 is 1.53 bits per heavy atom. The predicted octanol–water partition coefficient (Wildman–Crippen LogP) is 1.79. The van der Waals surface area contributed by atoms with E-state index in [4.69, 9.17) is 9.84 Å². The Hall–Kier alpha value is -2.37. The molecule has 2 aromatic heterocycles. The topological polar surface area (TPSA) is 77.2 Å². The highest BCUT2D eigenvalue weighted by atomic mass is 16.5. The van der Waals surface area contributed by atoms with Crippen LogP contribution in [0.3, 0.4) is 0 Å². The van der Waals surface area contributed by atoms with Gasteiger partial charge < -0.3 is 9.84 Å². The Bertz CT molecular complexity index is 536. The van der Waals surface area contributed by atoms with Crippen LogP contribution in [0.4, 0.5) is 0 Å². The highest BCUT2D eigenvalue weighted by Gasteiger charge is 2.07. The standard InChI is InChI=1S/C11H11N3O3/c1-2-14-7-9(6-13-14)17-8-3-4-12-10(5-8)11(15)16/h3-7H,2H2,1H3,(H,15,16). The van der Waals surface area contributed by atoms with E-state index in [2.05, 4.69) is 10.1 Å². The van der Waals surface area contributed by atoms with Crippen LogP contribution >= 0.6 is 0 Å². The van der Waals surface area contributed by atoms with Crippen molar-refractivity contribution in [3.05, 3.63) is 36.4 Å². The maximum absolute atomic E-state index is 10.7. The third-order valence-corrected chi connectivity index (χ3v) is 2.12. The first-order chi connectivity index (χ1) is 8.19. The number of aromatic carboxylic acids is 1. The van der Waals surface area contributed by atoms with E-state index < -0.39 is 5.97 Å². The van der Waals surface area contributed by atoms with E-state index in [0.29, 0.717) is 11.5 Å². The van der Waals surface area contributed by atoms with Gasteiger partial charge in [-0.25, -0.2) is 9.78 Å². The molecular formula is C11H11N3O3.